The van der Waals surface area contributed by atoms with Crippen LogP contribution in [0.1, 0.15) is 0 Å². The summed E-state index contributed by atoms with van der Waals surface area (Å²) in [4.78, 5) is 0. The Balaban J connectivity index is 4.06. The molecule has 2 N–H and O–H groups in total. The van der Waals surface area contributed by atoms with Gasteiger partial charge in [0.15, 0.2) is 0 Å². The first-order valence-electron chi connectivity index (χ1n) is 2.70. The lowest BCUT2D eigenvalue weighted by Crippen LogP contribution is -2.04. The van der Waals surface area contributed by atoms with Crippen LogP contribution < -0.4 is 0 Å². The lowest BCUT2D eigenvalue weighted by Gasteiger charge is -2.06. The summed E-state index contributed by atoms with van der Waals surface area (Å²) in [6.45, 7) is 6.44. The Hall–Kier alpha value is -0.500. The van der Waals surface area contributed by atoms with Crippen LogP contribution in [0.3, 0.4) is 0 Å². The first-order chi connectivity index (χ1) is 4.63. The van der Waals surface area contributed by atoms with Crippen molar-refractivity contribution in [3.8, 4) is 0 Å². The van der Waals surface area contributed by atoms with Crippen molar-refractivity contribution in [2.75, 3.05) is 0 Å². The fourth-order valence-corrected chi connectivity index (χ4v) is 1.09. The fourth-order valence-electron chi connectivity index (χ4n) is 0.364. The van der Waals surface area contributed by atoms with E-state index in [2.05, 4.69) is 13.2 Å². The molecular weight excluding hydrogens is 151 g/mol. The first-order valence-corrected chi connectivity index (χ1v) is 4.10. The van der Waals surface area contributed by atoms with Crippen LogP contribution >= 0.6 is 7.80 Å². The zero-order valence-electron chi connectivity index (χ0n) is 5.47. The smallest absolute Gasteiger partial charge is 0.144 e. The van der Waals surface area contributed by atoms with Gasteiger partial charge in [-0.3, -0.25) is 4.57 Å². The van der Waals surface area contributed by atoms with Gasteiger partial charge in [-0.2, -0.15) is 0 Å². The van der Waals surface area contributed by atoms with Gasteiger partial charge in [0.1, 0.15) is 19.5 Å². The summed E-state index contributed by atoms with van der Waals surface area (Å²) in [7, 11) is -2.08. The van der Waals surface area contributed by atoms with E-state index in [1.165, 1.54) is 0 Å². The van der Waals surface area contributed by atoms with E-state index in [1.54, 1.807) is 0 Å². The maximum absolute atomic E-state index is 10.8. The molecule has 0 aromatic heterocycles. The van der Waals surface area contributed by atoms with Crippen LogP contribution in [-0.2, 0) is 4.57 Å². The average molecular weight is 161 g/mol. The number of aliphatic hydroxyl groups is 2. The molecule has 0 aromatic rings. The van der Waals surface area contributed by atoms with E-state index in [4.69, 9.17) is 10.2 Å². The highest BCUT2D eigenvalue weighted by molar-refractivity contribution is 7.46. The van der Waals surface area contributed by atoms with Crippen LogP contribution in [-0.4, -0.2) is 21.9 Å². The Bertz CT molecular complexity index is 139. The molecule has 0 heterocycles. The quantitative estimate of drug-likeness (QED) is 0.474. The molecule has 0 spiro atoms. The number of hydrogen-bond acceptors (Lipinski definition) is 3. The zero-order valence-corrected chi connectivity index (χ0v) is 6.37. The molecule has 0 aliphatic heterocycles. The minimum absolute atomic E-state index is 1.12. The van der Waals surface area contributed by atoms with Crippen LogP contribution in [0.15, 0.2) is 25.3 Å². The van der Waals surface area contributed by atoms with Gasteiger partial charge in [-0.15, -0.1) is 0 Å². The van der Waals surface area contributed by atoms with Crippen LogP contribution in [0, 0.1) is 0 Å². The van der Waals surface area contributed by atoms with Gasteiger partial charge in [0.25, 0.3) is 0 Å². The van der Waals surface area contributed by atoms with Crippen molar-refractivity contribution in [1.82, 2.24) is 0 Å². The second kappa shape index (κ2) is 4.34. The molecule has 2 atom stereocenters. The third-order valence-corrected chi connectivity index (χ3v) is 2.41. The summed E-state index contributed by atoms with van der Waals surface area (Å²) in [5.74, 6) is -2.30. The van der Waals surface area contributed by atoms with Crippen LogP contribution in [0.5, 0.6) is 0 Å². The van der Waals surface area contributed by atoms with Gasteiger partial charge in [-0.05, 0) is 0 Å². The highest BCUT2D eigenvalue weighted by Gasteiger charge is 2.16. The van der Waals surface area contributed by atoms with Gasteiger partial charge < -0.3 is 10.2 Å². The first kappa shape index (κ1) is 9.50. The molecule has 10 heavy (non-hydrogen) atoms. The summed E-state index contributed by atoms with van der Waals surface area (Å²) in [5.41, 5.74) is 0. The molecule has 0 aliphatic carbocycles. The van der Waals surface area contributed by atoms with E-state index < -0.39 is 19.5 Å². The van der Waals surface area contributed by atoms with Crippen molar-refractivity contribution in [2.24, 2.45) is 0 Å². The van der Waals surface area contributed by atoms with E-state index in [0.717, 1.165) is 12.2 Å². The van der Waals surface area contributed by atoms with Gasteiger partial charge >= 0.3 is 0 Å². The molecule has 0 aromatic carbocycles. The highest BCUT2D eigenvalue weighted by Crippen LogP contribution is 2.31. The Labute approximate surface area is 60.5 Å². The van der Waals surface area contributed by atoms with Gasteiger partial charge in [0.05, 0.1) is 0 Å². The third-order valence-electron chi connectivity index (χ3n) is 0.943. The molecule has 1 radical (unpaired) electrons. The molecule has 0 aliphatic rings. The van der Waals surface area contributed by atoms with Crippen molar-refractivity contribution in [3.05, 3.63) is 25.3 Å². The van der Waals surface area contributed by atoms with Crippen LogP contribution in [0.25, 0.3) is 0 Å². The number of rotatable bonds is 4. The third kappa shape index (κ3) is 2.40. The van der Waals surface area contributed by atoms with E-state index in [-0.39, 0.29) is 0 Å². The summed E-state index contributed by atoms with van der Waals surface area (Å²) in [6, 6.07) is 0. The van der Waals surface area contributed by atoms with E-state index >= 15 is 0 Å². The summed E-state index contributed by atoms with van der Waals surface area (Å²) in [5, 5.41) is 17.6. The Morgan fingerprint density at radius 1 is 1.20 bits per heavy atom. The second-order valence-corrected chi connectivity index (χ2v) is 3.44. The molecule has 0 saturated carbocycles. The molecule has 2 unspecified atom stereocenters. The molecule has 57 valence electrons. The Morgan fingerprint density at radius 3 is 1.70 bits per heavy atom. The largest absolute Gasteiger partial charge is 0.377 e. The van der Waals surface area contributed by atoms with Gasteiger partial charge in [-0.25, -0.2) is 0 Å². The standard InChI is InChI=1S/C6H10O3P/c1-3-5(7)10(9)6(8)4-2/h3-8H,1-2H2. The van der Waals surface area contributed by atoms with E-state index in [1.807, 2.05) is 0 Å². The highest BCUT2D eigenvalue weighted by atomic mass is 31.1. The lowest BCUT2D eigenvalue weighted by molar-refractivity contribution is 0.263. The monoisotopic (exact) mass is 161 g/mol. The van der Waals surface area contributed by atoms with Gasteiger partial charge in [-0.1, -0.05) is 25.3 Å². The Kier molecular flexibility index (Phi) is 4.12. The van der Waals surface area contributed by atoms with Crippen molar-refractivity contribution >= 4 is 7.80 Å². The minimum Gasteiger partial charge on any atom is -0.377 e. The normalized spacial score (nSPS) is 17.2. The fraction of sp³-hybridized carbons (Fsp3) is 0.333. The molecule has 0 saturated heterocycles. The van der Waals surface area contributed by atoms with Gasteiger partial charge in [0.2, 0.25) is 0 Å². The Morgan fingerprint density at radius 2 is 1.50 bits per heavy atom. The molecular formula is C6H10O3P. The average Bonchev–Trinajstić information content (AvgIpc) is 2.00. The summed E-state index contributed by atoms with van der Waals surface area (Å²) < 4.78 is 10.8. The van der Waals surface area contributed by atoms with Gasteiger partial charge in [0, 0.05) is 0 Å². The SMILES string of the molecule is C=CC(O)[P](=O)C(O)C=C. The zero-order chi connectivity index (χ0) is 8.15. The summed E-state index contributed by atoms with van der Waals surface area (Å²) in [6.07, 6.45) is 2.23. The predicted octanol–water partition coefficient (Wildman–Crippen LogP) is 0.823. The maximum atomic E-state index is 10.8. The van der Waals surface area contributed by atoms with Crippen LogP contribution in [0.2, 0.25) is 0 Å². The summed E-state index contributed by atoms with van der Waals surface area (Å²) >= 11 is 0. The van der Waals surface area contributed by atoms with Crippen molar-refractivity contribution in [2.45, 2.75) is 11.7 Å². The number of hydrogen-bond donors (Lipinski definition) is 2. The van der Waals surface area contributed by atoms with E-state index in [0.29, 0.717) is 0 Å². The van der Waals surface area contributed by atoms with Crippen molar-refractivity contribution in [1.29, 1.82) is 0 Å². The molecule has 0 amide bonds. The maximum Gasteiger partial charge on any atom is 0.144 e. The predicted molar refractivity (Wildman–Crippen MR) is 40.0 cm³/mol. The van der Waals surface area contributed by atoms with Crippen molar-refractivity contribution in [3.63, 3.8) is 0 Å². The molecule has 0 fully saturated rings. The molecule has 3 nitrogen and oxygen atoms in total. The molecule has 0 rings (SSSR count). The van der Waals surface area contributed by atoms with E-state index in [9.17, 15) is 4.57 Å². The lowest BCUT2D eigenvalue weighted by atomic mass is 10.7. The van der Waals surface area contributed by atoms with Crippen LogP contribution in [0.4, 0.5) is 0 Å². The molecule has 4 heteroatoms. The topological polar surface area (TPSA) is 57.5 Å². The minimum atomic E-state index is -2.08. The molecule has 0 bridgehead atoms. The van der Waals surface area contributed by atoms with Crippen molar-refractivity contribution < 1.29 is 14.8 Å². The second-order valence-electron chi connectivity index (χ2n) is 1.66. The number of aliphatic hydroxyl groups excluding tert-OH is 2.